The summed E-state index contributed by atoms with van der Waals surface area (Å²) in [5, 5.41) is 12.7. The molecule has 21 heavy (non-hydrogen) atoms. The van der Waals surface area contributed by atoms with Crippen LogP contribution in [0.15, 0.2) is 36.4 Å². The van der Waals surface area contributed by atoms with E-state index in [0.29, 0.717) is 17.1 Å². The van der Waals surface area contributed by atoms with E-state index < -0.39 is 17.7 Å². The van der Waals surface area contributed by atoms with Crippen molar-refractivity contribution in [3.63, 3.8) is 0 Å². The van der Waals surface area contributed by atoms with Gasteiger partial charge in [-0.3, -0.25) is 0 Å². The van der Waals surface area contributed by atoms with Crippen molar-refractivity contribution in [1.82, 2.24) is 0 Å². The number of anilines is 1. The molecule has 0 radical (unpaired) electrons. The van der Waals surface area contributed by atoms with E-state index in [1.807, 2.05) is 0 Å². The van der Waals surface area contributed by atoms with Gasteiger partial charge in [0.25, 0.3) is 0 Å². The number of nitrogens with one attached hydrogen (secondary N) is 1. The lowest BCUT2D eigenvalue weighted by atomic mass is 10.1. The minimum absolute atomic E-state index is 0.0303. The van der Waals surface area contributed by atoms with E-state index >= 15 is 0 Å². The zero-order chi connectivity index (χ0) is 14.8. The second kappa shape index (κ2) is 5.57. The fraction of sp³-hybridized carbons (Fsp3) is 0.200. The number of benzene rings is 2. The number of halogens is 2. The van der Waals surface area contributed by atoms with Gasteiger partial charge in [0.15, 0.2) is 11.5 Å². The number of aliphatic hydroxyl groups excluding tert-OH is 1. The molecule has 1 aliphatic heterocycles. The topological polar surface area (TPSA) is 50.7 Å². The summed E-state index contributed by atoms with van der Waals surface area (Å²) in [5.74, 6) is -0.247. The van der Waals surface area contributed by atoms with Crippen molar-refractivity contribution in [2.45, 2.75) is 6.10 Å². The molecule has 0 fully saturated rings. The number of fused-ring (bicyclic) bond motifs is 1. The van der Waals surface area contributed by atoms with Crippen LogP contribution >= 0.6 is 0 Å². The van der Waals surface area contributed by atoms with Crippen molar-refractivity contribution in [1.29, 1.82) is 0 Å². The number of aliphatic hydroxyl groups is 1. The molecule has 3 rings (SSSR count). The maximum absolute atomic E-state index is 13.5. The molecule has 0 spiro atoms. The van der Waals surface area contributed by atoms with Crippen molar-refractivity contribution in [2.75, 3.05) is 18.7 Å². The van der Waals surface area contributed by atoms with Crippen LogP contribution in [0.25, 0.3) is 0 Å². The normalized spacial score (nSPS) is 14.0. The molecular weight excluding hydrogens is 280 g/mol. The van der Waals surface area contributed by atoms with Crippen molar-refractivity contribution < 1.29 is 23.4 Å². The summed E-state index contributed by atoms with van der Waals surface area (Å²) in [4.78, 5) is 0. The lowest BCUT2D eigenvalue weighted by Gasteiger charge is -2.14. The number of hydrogen-bond donors (Lipinski definition) is 2. The van der Waals surface area contributed by atoms with E-state index in [1.54, 1.807) is 18.2 Å². The molecule has 0 amide bonds. The van der Waals surface area contributed by atoms with Crippen molar-refractivity contribution in [3.8, 4) is 11.5 Å². The molecule has 1 heterocycles. The van der Waals surface area contributed by atoms with Crippen LogP contribution in [0.1, 0.15) is 11.7 Å². The van der Waals surface area contributed by atoms with Crippen LogP contribution in [-0.2, 0) is 0 Å². The summed E-state index contributed by atoms with van der Waals surface area (Å²) in [5.41, 5.74) is 0.320. The highest BCUT2D eigenvalue weighted by molar-refractivity contribution is 5.48. The summed E-state index contributed by atoms with van der Waals surface area (Å²) in [7, 11) is 0. The molecule has 0 saturated carbocycles. The SMILES string of the molecule is OC(CNc1c(F)cccc1F)c1ccc2c(c1)OCO2. The van der Waals surface area contributed by atoms with Gasteiger partial charge in [-0.25, -0.2) is 8.78 Å². The summed E-state index contributed by atoms with van der Waals surface area (Å²) in [6.07, 6.45) is -0.932. The number of rotatable bonds is 4. The second-order valence-electron chi connectivity index (χ2n) is 4.61. The molecule has 2 aromatic carbocycles. The molecule has 6 heteroatoms. The van der Waals surface area contributed by atoms with Crippen molar-refractivity contribution in [2.24, 2.45) is 0 Å². The Hall–Kier alpha value is -2.34. The average Bonchev–Trinajstić information content (AvgIpc) is 2.93. The molecule has 0 bridgehead atoms. The maximum Gasteiger partial charge on any atom is 0.231 e. The van der Waals surface area contributed by atoms with Crippen LogP contribution in [0, 0.1) is 11.6 Å². The van der Waals surface area contributed by atoms with Gasteiger partial charge >= 0.3 is 0 Å². The Labute approximate surface area is 119 Å². The van der Waals surface area contributed by atoms with Crippen LogP contribution in [-0.4, -0.2) is 18.4 Å². The van der Waals surface area contributed by atoms with Gasteiger partial charge < -0.3 is 19.9 Å². The van der Waals surface area contributed by atoms with Crippen LogP contribution in [0.4, 0.5) is 14.5 Å². The maximum atomic E-state index is 13.5. The van der Waals surface area contributed by atoms with Gasteiger partial charge in [-0.2, -0.15) is 0 Å². The second-order valence-corrected chi connectivity index (χ2v) is 4.61. The molecule has 1 atom stereocenters. The Morgan fingerprint density at radius 3 is 2.57 bits per heavy atom. The monoisotopic (exact) mass is 293 g/mol. The smallest absolute Gasteiger partial charge is 0.231 e. The van der Waals surface area contributed by atoms with E-state index in [2.05, 4.69) is 5.32 Å². The Kier molecular flexibility index (Phi) is 3.62. The number of ether oxygens (including phenoxy) is 2. The predicted molar refractivity (Wildman–Crippen MR) is 72.4 cm³/mol. The van der Waals surface area contributed by atoms with E-state index in [1.165, 1.54) is 6.07 Å². The Morgan fingerprint density at radius 1 is 1.10 bits per heavy atom. The van der Waals surface area contributed by atoms with Gasteiger partial charge in [-0.05, 0) is 29.8 Å². The minimum atomic E-state index is -0.932. The van der Waals surface area contributed by atoms with E-state index in [4.69, 9.17) is 9.47 Å². The molecule has 110 valence electrons. The van der Waals surface area contributed by atoms with Crippen LogP contribution < -0.4 is 14.8 Å². The minimum Gasteiger partial charge on any atom is -0.454 e. The predicted octanol–water partition coefficient (Wildman–Crippen LogP) is 2.84. The Morgan fingerprint density at radius 2 is 1.81 bits per heavy atom. The van der Waals surface area contributed by atoms with Gasteiger partial charge in [-0.15, -0.1) is 0 Å². The highest BCUT2D eigenvalue weighted by Crippen LogP contribution is 2.34. The van der Waals surface area contributed by atoms with Gasteiger partial charge in [0.1, 0.15) is 17.3 Å². The molecule has 4 nitrogen and oxygen atoms in total. The summed E-state index contributed by atoms with van der Waals surface area (Å²) in [6.45, 7) is 0.116. The summed E-state index contributed by atoms with van der Waals surface area (Å²) >= 11 is 0. The molecule has 2 N–H and O–H groups in total. The standard InChI is InChI=1S/C15H13F2NO3/c16-10-2-1-3-11(17)15(10)18-7-12(19)9-4-5-13-14(6-9)21-8-20-13/h1-6,12,18-19H,7-8H2. The Bertz CT molecular complexity index is 643. The zero-order valence-electron chi connectivity index (χ0n) is 11.0. The highest BCUT2D eigenvalue weighted by atomic mass is 19.1. The summed E-state index contributed by atoms with van der Waals surface area (Å²) in [6, 6.07) is 8.59. The lowest BCUT2D eigenvalue weighted by molar-refractivity contribution is 0.173. The van der Waals surface area contributed by atoms with Crippen LogP contribution in [0.5, 0.6) is 11.5 Å². The first-order chi connectivity index (χ1) is 10.1. The largest absolute Gasteiger partial charge is 0.454 e. The zero-order valence-corrected chi connectivity index (χ0v) is 11.0. The lowest BCUT2D eigenvalue weighted by Crippen LogP contribution is -2.14. The van der Waals surface area contributed by atoms with Gasteiger partial charge in [0, 0.05) is 6.54 Å². The molecule has 0 saturated heterocycles. The van der Waals surface area contributed by atoms with Gasteiger partial charge in [-0.1, -0.05) is 12.1 Å². The molecule has 2 aromatic rings. The van der Waals surface area contributed by atoms with Crippen LogP contribution in [0.3, 0.4) is 0 Å². The van der Waals surface area contributed by atoms with E-state index in [9.17, 15) is 13.9 Å². The molecule has 0 aromatic heterocycles. The Balaban J connectivity index is 1.70. The first-order valence-corrected chi connectivity index (χ1v) is 6.40. The third kappa shape index (κ3) is 2.75. The quantitative estimate of drug-likeness (QED) is 0.910. The van der Waals surface area contributed by atoms with E-state index in [0.717, 1.165) is 12.1 Å². The molecule has 1 aliphatic rings. The van der Waals surface area contributed by atoms with E-state index in [-0.39, 0.29) is 19.0 Å². The van der Waals surface area contributed by atoms with Gasteiger partial charge in [0.05, 0.1) is 6.10 Å². The molecule has 1 unspecified atom stereocenters. The van der Waals surface area contributed by atoms with Crippen molar-refractivity contribution in [3.05, 3.63) is 53.6 Å². The highest BCUT2D eigenvalue weighted by Gasteiger charge is 2.17. The molecular formula is C15H13F2NO3. The first-order valence-electron chi connectivity index (χ1n) is 6.40. The third-order valence-corrected chi connectivity index (χ3v) is 3.22. The fourth-order valence-electron chi connectivity index (χ4n) is 2.10. The molecule has 0 aliphatic carbocycles. The number of hydrogen-bond acceptors (Lipinski definition) is 4. The number of para-hydroxylation sites is 1. The van der Waals surface area contributed by atoms with Gasteiger partial charge in [0.2, 0.25) is 6.79 Å². The summed E-state index contributed by atoms with van der Waals surface area (Å²) < 4.78 is 37.3. The van der Waals surface area contributed by atoms with Crippen LogP contribution in [0.2, 0.25) is 0 Å². The fourth-order valence-corrected chi connectivity index (χ4v) is 2.10. The van der Waals surface area contributed by atoms with Crippen molar-refractivity contribution >= 4 is 5.69 Å². The first kappa shape index (κ1) is 13.6. The third-order valence-electron chi connectivity index (χ3n) is 3.22. The average molecular weight is 293 g/mol.